The van der Waals surface area contributed by atoms with Crippen LogP contribution in [0.4, 0.5) is 0 Å². The van der Waals surface area contributed by atoms with Gasteiger partial charge in [-0.2, -0.15) is 0 Å². The van der Waals surface area contributed by atoms with Gasteiger partial charge in [-0.05, 0) is 56.8 Å². The third-order valence-electron chi connectivity index (χ3n) is 3.93. The van der Waals surface area contributed by atoms with Gasteiger partial charge in [0.25, 0.3) is 0 Å². The molecule has 0 spiro atoms. The predicted octanol–water partition coefficient (Wildman–Crippen LogP) is 3.36. The van der Waals surface area contributed by atoms with Gasteiger partial charge in [-0.25, -0.2) is 0 Å². The number of benzene rings is 1. The Hall–Kier alpha value is -0.820. The molecule has 88 valence electrons. The first-order valence-corrected chi connectivity index (χ1v) is 6.33. The highest BCUT2D eigenvalue weighted by molar-refractivity contribution is 5.33. The van der Waals surface area contributed by atoms with Crippen molar-refractivity contribution in [2.45, 2.75) is 33.1 Å². The molecule has 0 amide bonds. The van der Waals surface area contributed by atoms with Crippen LogP contribution < -0.4 is 0 Å². The third kappa shape index (κ3) is 2.30. The molecular weight excluding hydrogens is 194 g/mol. The van der Waals surface area contributed by atoms with Crippen LogP contribution in [0.5, 0.6) is 0 Å². The first-order chi connectivity index (χ1) is 7.58. The Labute approximate surface area is 99.5 Å². The molecule has 16 heavy (non-hydrogen) atoms. The van der Waals surface area contributed by atoms with Crippen molar-refractivity contribution in [3.05, 3.63) is 34.9 Å². The van der Waals surface area contributed by atoms with Crippen LogP contribution in [0.2, 0.25) is 0 Å². The maximum atomic E-state index is 2.45. The second-order valence-corrected chi connectivity index (χ2v) is 5.49. The lowest BCUT2D eigenvalue weighted by Crippen LogP contribution is -2.35. The Bertz CT molecular complexity index is 370. The van der Waals surface area contributed by atoms with E-state index in [-0.39, 0.29) is 0 Å². The molecule has 0 aromatic heterocycles. The first-order valence-electron chi connectivity index (χ1n) is 6.33. The van der Waals surface area contributed by atoms with Crippen molar-refractivity contribution in [3.8, 4) is 0 Å². The SMILES string of the molecule is Cc1ccc(C2CCN(C)CC2C)c(C)c1. The zero-order valence-electron chi connectivity index (χ0n) is 11.0. The smallest absolute Gasteiger partial charge is 0.000982 e. The topological polar surface area (TPSA) is 3.24 Å². The maximum Gasteiger partial charge on any atom is 0.000982 e. The fourth-order valence-electron chi connectivity index (χ4n) is 3.06. The number of rotatable bonds is 1. The molecule has 2 unspecified atom stereocenters. The number of aryl methyl sites for hydroxylation is 2. The number of piperidine rings is 1. The highest BCUT2D eigenvalue weighted by atomic mass is 15.1. The van der Waals surface area contributed by atoms with Crippen molar-refractivity contribution in [1.29, 1.82) is 0 Å². The van der Waals surface area contributed by atoms with Gasteiger partial charge in [-0.3, -0.25) is 0 Å². The van der Waals surface area contributed by atoms with E-state index in [1.165, 1.54) is 30.6 Å². The summed E-state index contributed by atoms with van der Waals surface area (Å²) in [6, 6.07) is 6.92. The minimum Gasteiger partial charge on any atom is -0.306 e. The van der Waals surface area contributed by atoms with Crippen molar-refractivity contribution in [2.75, 3.05) is 20.1 Å². The zero-order chi connectivity index (χ0) is 11.7. The van der Waals surface area contributed by atoms with Crippen LogP contribution in [0.15, 0.2) is 18.2 Å². The third-order valence-corrected chi connectivity index (χ3v) is 3.93. The zero-order valence-corrected chi connectivity index (χ0v) is 11.0. The fraction of sp³-hybridized carbons (Fsp3) is 0.600. The van der Waals surface area contributed by atoms with Crippen molar-refractivity contribution in [1.82, 2.24) is 4.90 Å². The minimum atomic E-state index is 0.761. The van der Waals surface area contributed by atoms with Crippen LogP contribution in [0.1, 0.15) is 36.0 Å². The first kappa shape index (κ1) is 11.7. The Balaban J connectivity index is 2.23. The minimum absolute atomic E-state index is 0.761. The van der Waals surface area contributed by atoms with E-state index in [2.05, 4.69) is 50.9 Å². The molecule has 1 heterocycles. The molecule has 0 N–H and O–H groups in total. The Morgan fingerprint density at radius 3 is 2.62 bits per heavy atom. The van der Waals surface area contributed by atoms with E-state index in [0.717, 1.165) is 11.8 Å². The quantitative estimate of drug-likeness (QED) is 0.697. The summed E-state index contributed by atoms with van der Waals surface area (Å²) in [4.78, 5) is 2.45. The molecule has 0 aliphatic carbocycles. The van der Waals surface area contributed by atoms with Gasteiger partial charge in [0.1, 0.15) is 0 Å². The standard InChI is InChI=1S/C15H23N/c1-11-5-6-14(12(2)9-11)15-7-8-16(4)10-13(15)3/h5-6,9,13,15H,7-8,10H2,1-4H3. The molecule has 1 nitrogen and oxygen atoms in total. The van der Waals surface area contributed by atoms with Crippen LogP contribution in [0, 0.1) is 19.8 Å². The van der Waals surface area contributed by atoms with Gasteiger partial charge >= 0.3 is 0 Å². The highest BCUT2D eigenvalue weighted by Gasteiger charge is 2.26. The van der Waals surface area contributed by atoms with Crippen LogP contribution >= 0.6 is 0 Å². The Kier molecular flexibility index (Phi) is 3.34. The molecule has 1 heteroatoms. The predicted molar refractivity (Wildman–Crippen MR) is 69.9 cm³/mol. The van der Waals surface area contributed by atoms with Gasteiger partial charge in [0.15, 0.2) is 0 Å². The molecule has 2 atom stereocenters. The monoisotopic (exact) mass is 217 g/mol. The van der Waals surface area contributed by atoms with E-state index in [4.69, 9.17) is 0 Å². The maximum absolute atomic E-state index is 2.45. The van der Waals surface area contributed by atoms with Crippen LogP contribution in [-0.4, -0.2) is 25.0 Å². The van der Waals surface area contributed by atoms with Crippen molar-refractivity contribution >= 4 is 0 Å². The molecule has 1 aromatic carbocycles. The van der Waals surface area contributed by atoms with Gasteiger partial charge in [0.2, 0.25) is 0 Å². The van der Waals surface area contributed by atoms with Crippen molar-refractivity contribution in [2.24, 2.45) is 5.92 Å². The Morgan fingerprint density at radius 1 is 1.25 bits per heavy atom. The molecule has 1 aliphatic heterocycles. The number of hydrogen-bond acceptors (Lipinski definition) is 1. The van der Waals surface area contributed by atoms with E-state index in [9.17, 15) is 0 Å². The van der Waals surface area contributed by atoms with Crippen LogP contribution in [0.3, 0.4) is 0 Å². The summed E-state index contributed by atoms with van der Waals surface area (Å²) in [6.45, 7) is 9.29. The fourth-order valence-corrected chi connectivity index (χ4v) is 3.06. The average Bonchev–Trinajstić information content (AvgIpc) is 2.19. The number of nitrogens with zero attached hydrogens (tertiary/aromatic N) is 1. The molecule has 0 saturated carbocycles. The Morgan fingerprint density at radius 2 is 2.00 bits per heavy atom. The molecule has 2 rings (SSSR count). The van der Waals surface area contributed by atoms with Gasteiger partial charge in [-0.1, -0.05) is 30.7 Å². The van der Waals surface area contributed by atoms with E-state index in [1.54, 1.807) is 5.56 Å². The molecular formula is C15H23N. The highest BCUT2D eigenvalue weighted by Crippen LogP contribution is 2.34. The molecule has 0 radical (unpaired) electrons. The molecule has 1 aromatic rings. The number of hydrogen-bond donors (Lipinski definition) is 0. The van der Waals surface area contributed by atoms with Gasteiger partial charge in [0.05, 0.1) is 0 Å². The van der Waals surface area contributed by atoms with Crippen LogP contribution in [-0.2, 0) is 0 Å². The number of likely N-dealkylation sites (tertiary alicyclic amines) is 1. The second-order valence-electron chi connectivity index (χ2n) is 5.49. The summed E-state index contributed by atoms with van der Waals surface area (Å²) in [7, 11) is 2.23. The van der Waals surface area contributed by atoms with Crippen molar-refractivity contribution in [3.63, 3.8) is 0 Å². The average molecular weight is 217 g/mol. The van der Waals surface area contributed by atoms with Gasteiger partial charge < -0.3 is 4.90 Å². The largest absolute Gasteiger partial charge is 0.306 e. The molecule has 1 saturated heterocycles. The summed E-state index contributed by atoms with van der Waals surface area (Å²) in [5, 5.41) is 0. The second kappa shape index (κ2) is 4.58. The van der Waals surface area contributed by atoms with Crippen molar-refractivity contribution < 1.29 is 0 Å². The molecule has 1 fully saturated rings. The molecule has 1 aliphatic rings. The van der Waals surface area contributed by atoms with E-state index >= 15 is 0 Å². The summed E-state index contributed by atoms with van der Waals surface area (Å²) < 4.78 is 0. The summed E-state index contributed by atoms with van der Waals surface area (Å²) in [5.41, 5.74) is 4.43. The van der Waals surface area contributed by atoms with Crippen LogP contribution in [0.25, 0.3) is 0 Å². The van der Waals surface area contributed by atoms with E-state index in [0.29, 0.717) is 0 Å². The lowest BCUT2D eigenvalue weighted by Gasteiger charge is -2.35. The summed E-state index contributed by atoms with van der Waals surface area (Å²) in [6.07, 6.45) is 1.31. The normalized spacial score (nSPS) is 27.0. The van der Waals surface area contributed by atoms with E-state index in [1.807, 2.05) is 0 Å². The lowest BCUT2D eigenvalue weighted by molar-refractivity contribution is 0.195. The summed E-state index contributed by atoms with van der Waals surface area (Å²) >= 11 is 0. The molecule has 0 bridgehead atoms. The lowest BCUT2D eigenvalue weighted by atomic mass is 9.80. The van der Waals surface area contributed by atoms with Gasteiger partial charge in [-0.15, -0.1) is 0 Å². The summed E-state index contributed by atoms with van der Waals surface area (Å²) in [5.74, 6) is 1.54. The van der Waals surface area contributed by atoms with Gasteiger partial charge in [0, 0.05) is 6.54 Å². The van der Waals surface area contributed by atoms with E-state index < -0.39 is 0 Å².